The number of furan rings is 1. The molecule has 3 heterocycles. The van der Waals surface area contributed by atoms with Crippen LogP contribution in [-0.4, -0.2) is 4.57 Å². The van der Waals surface area contributed by atoms with Crippen molar-refractivity contribution in [1.82, 2.24) is 4.57 Å². The minimum Gasteiger partial charge on any atom is -0.456 e. The lowest BCUT2D eigenvalue weighted by atomic mass is 9.95. The highest BCUT2D eigenvalue weighted by Gasteiger charge is 2.23. The van der Waals surface area contributed by atoms with Gasteiger partial charge in [-0.3, -0.25) is 0 Å². The largest absolute Gasteiger partial charge is 0.456 e. The van der Waals surface area contributed by atoms with E-state index in [-0.39, 0.29) is 0 Å². The van der Waals surface area contributed by atoms with Gasteiger partial charge in [0.1, 0.15) is 11.2 Å². The molecule has 3 aromatic heterocycles. The Labute approximate surface area is 431 Å². The summed E-state index contributed by atoms with van der Waals surface area (Å²) in [6.45, 7) is 0. The van der Waals surface area contributed by atoms with E-state index in [0.717, 1.165) is 66.9 Å². The third-order valence-electron chi connectivity index (χ3n) is 15.0. The van der Waals surface area contributed by atoms with E-state index in [1.54, 1.807) is 0 Å². The van der Waals surface area contributed by atoms with Crippen LogP contribution in [-0.2, 0) is 0 Å². The third-order valence-corrected chi connectivity index (χ3v) is 16.2. The minimum absolute atomic E-state index is 0.901. The maximum atomic E-state index is 6.29. The van der Waals surface area contributed by atoms with Gasteiger partial charge in [-0.05, 0) is 129 Å². The number of anilines is 3. The molecule has 0 radical (unpaired) electrons. The average molecular weight is 961 g/mol. The molecule has 15 aromatic rings. The second-order valence-electron chi connectivity index (χ2n) is 19.2. The molecule has 0 N–H and O–H groups in total. The SMILES string of the molecule is c1cc(-c2ccc(N(c3ccc(-c4ccc(-n5c6ccccc6c6ccccc65)cc4)cc3)c3ccc(-c4cccc5ccccc45)c4sc5ccccc5c34)cc2)cc(-c2cccc3oc4ccccc4c23)c1. The number of hydrogen-bond acceptors (Lipinski definition) is 3. The van der Waals surface area contributed by atoms with Crippen molar-refractivity contribution in [2.24, 2.45) is 0 Å². The Kier molecular flexibility index (Phi) is 9.75. The lowest BCUT2D eigenvalue weighted by molar-refractivity contribution is 0.669. The summed E-state index contributed by atoms with van der Waals surface area (Å²) in [5.41, 5.74) is 18.1. The van der Waals surface area contributed by atoms with Crippen LogP contribution in [0.1, 0.15) is 0 Å². The maximum Gasteiger partial charge on any atom is 0.136 e. The van der Waals surface area contributed by atoms with Gasteiger partial charge in [-0.1, -0.05) is 188 Å². The van der Waals surface area contributed by atoms with Crippen molar-refractivity contribution < 1.29 is 4.42 Å². The van der Waals surface area contributed by atoms with E-state index in [2.05, 4.69) is 264 Å². The number of aromatic nitrogens is 1. The highest BCUT2D eigenvalue weighted by molar-refractivity contribution is 7.26. The van der Waals surface area contributed by atoms with Gasteiger partial charge in [-0.15, -0.1) is 11.3 Å². The Bertz CT molecular complexity index is 4590. The van der Waals surface area contributed by atoms with Gasteiger partial charge in [0.2, 0.25) is 0 Å². The molecule has 0 spiro atoms. The lowest BCUT2D eigenvalue weighted by Gasteiger charge is -2.27. The molecule has 0 aliphatic rings. The fourth-order valence-electron chi connectivity index (χ4n) is 11.6. The van der Waals surface area contributed by atoms with E-state index < -0.39 is 0 Å². The molecule has 15 rings (SSSR count). The number of thiophene rings is 1. The van der Waals surface area contributed by atoms with Crippen LogP contribution in [0.25, 0.3) is 125 Å². The van der Waals surface area contributed by atoms with Gasteiger partial charge >= 0.3 is 0 Å². The van der Waals surface area contributed by atoms with E-state index >= 15 is 0 Å². The van der Waals surface area contributed by atoms with E-state index in [1.165, 1.54) is 75.0 Å². The van der Waals surface area contributed by atoms with Crippen molar-refractivity contribution in [2.75, 3.05) is 4.90 Å². The molecular formula is C70H44N2OS. The predicted molar refractivity (Wildman–Crippen MR) is 315 cm³/mol. The third kappa shape index (κ3) is 6.80. The molecular weight excluding hydrogens is 917 g/mol. The van der Waals surface area contributed by atoms with Crippen LogP contribution in [0.4, 0.5) is 17.1 Å². The molecule has 74 heavy (non-hydrogen) atoms. The molecule has 0 bridgehead atoms. The molecule has 0 amide bonds. The van der Waals surface area contributed by atoms with Gasteiger partial charge in [0.25, 0.3) is 0 Å². The summed E-state index contributed by atoms with van der Waals surface area (Å²) < 4.78 is 11.2. The summed E-state index contributed by atoms with van der Waals surface area (Å²) in [5.74, 6) is 0. The van der Waals surface area contributed by atoms with Crippen molar-refractivity contribution >= 4 is 103 Å². The normalized spacial score (nSPS) is 11.8. The molecule has 0 unspecified atom stereocenters. The van der Waals surface area contributed by atoms with Crippen molar-refractivity contribution in [1.29, 1.82) is 0 Å². The van der Waals surface area contributed by atoms with E-state index in [4.69, 9.17) is 4.42 Å². The first-order valence-electron chi connectivity index (χ1n) is 25.2. The van der Waals surface area contributed by atoms with E-state index in [1.807, 2.05) is 23.5 Å². The van der Waals surface area contributed by atoms with Crippen LogP contribution >= 0.6 is 11.3 Å². The van der Waals surface area contributed by atoms with E-state index in [0.29, 0.717) is 0 Å². The summed E-state index contributed by atoms with van der Waals surface area (Å²) in [7, 11) is 0. The first kappa shape index (κ1) is 42.2. The molecule has 0 atom stereocenters. The average Bonchev–Trinajstić information content (AvgIpc) is 4.17. The Balaban J connectivity index is 0.853. The Morgan fingerprint density at radius 1 is 0.338 bits per heavy atom. The van der Waals surface area contributed by atoms with Crippen LogP contribution in [0, 0.1) is 0 Å². The monoisotopic (exact) mass is 960 g/mol. The van der Waals surface area contributed by atoms with Gasteiger partial charge in [0, 0.05) is 64.3 Å². The number of fused-ring (bicyclic) bond motifs is 10. The molecule has 0 saturated carbocycles. The lowest BCUT2D eigenvalue weighted by Crippen LogP contribution is -2.10. The standard InChI is InChI=1S/C70H44N2OS/c1-2-18-54-48(14-1)15-12-24-56(54)59-42-43-64(69-61-22-6-10-29-67(61)74-70(59)69)71(51-36-30-45(31-37-51)46-32-40-53(41-33-46)72-62-25-7-3-19-57(62)58-20-4-8-26-63(58)72)52-38-34-47(35-39-52)49-16-11-17-50(44-49)55-23-13-28-66-68(55)60-21-5-9-27-65(60)73-66/h1-44H. The zero-order valence-corrected chi connectivity index (χ0v) is 40.9. The molecule has 346 valence electrons. The number of nitrogens with zero attached hydrogens (tertiary/aromatic N) is 2. The first-order valence-corrected chi connectivity index (χ1v) is 26.0. The number of benzene rings is 12. The fraction of sp³-hybridized carbons (Fsp3) is 0. The van der Waals surface area contributed by atoms with Crippen molar-refractivity contribution in [3.8, 4) is 50.2 Å². The minimum atomic E-state index is 0.901. The molecule has 3 nitrogen and oxygen atoms in total. The quantitative estimate of drug-likeness (QED) is 0.151. The highest BCUT2D eigenvalue weighted by Crippen LogP contribution is 2.50. The maximum absolute atomic E-state index is 6.29. The first-order chi connectivity index (χ1) is 36.7. The Morgan fingerprint density at radius 2 is 0.878 bits per heavy atom. The zero-order valence-electron chi connectivity index (χ0n) is 40.1. The van der Waals surface area contributed by atoms with Gasteiger partial charge < -0.3 is 13.9 Å². The molecule has 0 fully saturated rings. The van der Waals surface area contributed by atoms with Crippen LogP contribution in [0.3, 0.4) is 0 Å². The molecule has 0 aliphatic heterocycles. The Hall–Kier alpha value is -9.48. The van der Waals surface area contributed by atoms with Gasteiger partial charge in [-0.2, -0.15) is 0 Å². The van der Waals surface area contributed by atoms with Gasteiger partial charge in [-0.25, -0.2) is 0 Å². The molecule has 12 aromatic carbocycles. The number of rotatable bonds is 8. The number of hydrogen-bond donors (Lipinski definition) is 0. The van der Waals surface area contributed by atoms with Crippen molar-refractivity contribution in [3.63, 3.8) is 0 Å². The van der Waals surface area contributed by atoms with Crippen LogP contribution in [0.2, 0.25) is 0 Å². The van der Waals surface area contributed by atoms with E-state index in [9.17, 15) is 0 Å². The molecule has 4 heteroatoms. The Morgan fingerprint density at radius 3 is 1.62 bits per heavy atom. The van der Waals surface area contributed by atoms with Crippen LogP contribution < -0.4 is 4.90 Å². The summed E-state index contributed by atoms with van der Waals surface area (Å²) in [6.07, 6.45) is 0. The fourth-order valence-corrected chi connectivity index (χ4v) is 12.8. The second-order valence-corrected chi connectivity index (χ2v) is 20.2. The summed E-state index contributed by atoms with van der Waals surface area (Å²) in [6, 6.07) is 97.2. The predicted octanol–water partition coefficient (Wildman–Crippen LogP) is 20.3. The molecule has 0 aliphatic carbocycles. The zero-order chi connectivity index (χ0) is 48.7. The summed E-state index contributed by atoms with van der Waals surface area (Å²) in [4.78, 5) is 2.45. The summed E-state index contributed by atoms with van der Waals surface area (Å²) >= 11 is 1.88. The van der Waals surface area contributed by atoms with Crippen LogP contribution in [0.5, 0.6) is 0 Å². The smallest absolute Gasteiger partial charge is 0.136 e. The summed E-state index contributed by atoms with van der Waals surface area (Å²) in [5, 5.41) is 9.80. The topological polar surface area (TPSA) is 21.3 Å². The van der Waals surface area contributed by atoms with Gasteiger partial charge in [0.05, 0.1) is 16.7 Å². The van der Waals surface area contributed by atoms with Gasteiger partial charge in [0.15, 0.2) is 0 Å². The van der Waals surface area contributed by atoms with Crippen LogP contribution in [0.15, 0.2) is 271 Å². The highest BCUT2D eigenvalue weighted by atomic mass is 32.1. The van der Waals surface area contributed by atoms with Crippen molar-refractivity contribution in [2.45, 2.75) is 0 Å². The van der Waals surface area contributed by atoms with Crippen molar-refractivity contribution in [3.05, 3.63) is 267 Å². The number of para-hydroxylation sites is 3. The molecule has 0 saturated heterocycles. The second kappa shape index (κ2) is 17.1.